The van der Waals surface area contributed by atoms with Gasteiger partial charge in [0.1, 0.15) is 0 Å². The lowest BCUT2D eigenvalue weighted by atomic mass is 10.1. The lowest BCUT2D eigenvalue weighted by Crippen LogP contribution is -2.32. The molecule has 0 saturated carbocycles. The monoisotopic (exact) mass is 206 g/mol. The van der Waals surface area contributed by atoms with Crippen molar-refractivity contribution in [2.75, 3.05) is 30.9 Å². The first kappa shape index (κ1) is 10.3. The molecule has 0 aromatic heterocycles. The molecule has 1 aromatic rings. The van der Waals surface area contributed by atoms with E-state index < -0.39 is 0 Å². The average Bonchev–Trinajstić information content (AvgIpc) is 2.74. The highest BCUT2D eigenvalue weighted by Gasteiger charge is 2.21. The van der Waals surface area contributed by atoms with Gasteiger partial charge in [-0.2, -0.15) is 0 Å². The lowest BCUT2D eigenvalue weighted by Gasteiger charge is -2.27. The van der Waals surface area contributed by atoms with Gasteiger partial charge in [-0.05, 0) is 25.0 Å². The molecule has 1 heterocycles. The number of nitrogens with zero attached hydrogens (tertiary/aromatic N) is 1. The molecule has 2 rings (SSSR count). The van der Waals surface area contributed by atoms with E-state index in [-0.39, 0.29) is 0 Å². The second-order valence-corrected chi connectivity index (χ2v) is 4.14. The van der Waals surface area contributed by atoms with Crippen LogP contribution in [-0.4, -0.2) is 26.3 Å². The minimum Gasteiger partial charge on any atom is -0.397 e. The molecule has 15 heavy (non-hydrogen) atoms. The quantitative estimate of drug-likeness (QED) is 0.750. The number of rotatable bonds is 2. The molecule has 0 radical (unpaired) electrons. The fraction of sp³-hybridized carbons (Fsp3) is 0.500. The van der Waals surface area contributed by atoms with Gasteiger partial charge in [0, 0.05) is 13.7 Å². The second kappa shape index (κ2) is 4.11. The number of nitrogen functional groups attached to an aromatic ring is 1. The summed E-state index contributed by atoms with van der Waals surface area (Å²) in [5.74, 6) is 0. The Bertz CT molecular complexity index is 345. The first-order chi connectivity index (χ1) is 7.20. The Morgan fingerprint density at radius 1 is 1.47 bits per heavy atom. The van der Waals surface area contributed by atoms with E-state index in [1.807, 2.05) is 19.1 Å². The molecule has 1 aliphatic heterocycles. The summed E-state index contributed by atoms with van der Waals surface area (Å²) in [6.07, 6.45) is 1.09. The van der Waals surface area contributed by atoms with Crippen molar-refractivity contribution in [1.29, 1.82) is 0 Å². The highest BCUT2D eigenvalue weighted by Crippen LogP contribution is 2.28. The summed E-state index contributed by atoms with van der Waals surface area (Å²) >= 11 is 0. The number of aryl methyl sites for hydroxylation is 1. The predicted molar refractivity (Wildman–Crippen MR) is 63.2 cm³/mol. The predicted octanol–water partition coefficient (Wildman–Crippen LogP) is 1.80. The minimum atomic E-state index is 0.467. The maximum atomic E-state index is 6.07. The number of hydrogen-bond acceptors (Lipinski definition) is 3. The van der Waals surface area contributed by atoms with Crippen LogP contribution in [0.2, 0.25) is 0 Å². The smallest absolute Gasteiger partial charge is 0.0670 e. The topological polar surface area (TPSA) is 38.5 Å². The van der Waals surface area contributed by atoms with Crippen LogP contribution < -0.4 is 10.6 Å². The zero-order valence-electron chi connectivity index (χ0n) is 9.36. The van der Waals surface area contributed by atoms with Crippen LogP contribution in [-0.2, 0) is 4.74 Å². The molecular formula is C12H18N2O. The van der Waals surface area contributed by atoms with Crippen molar-refractivity contribution in [1.82, 2.24) is 0 Å². The zero-order chi connectivity index (χ0) is 10.8. The number of likely N-dealkylation sites (N-methyl/N-ethyl adjacent to an activating group) is 1. The minimum absolute atomic E-state index is 0.467. The molecule has 1 aromatic carbocycles. The molecule has 1 aliphatic rings. The van der Waals surface area contributed by atoms with Crippen LogP contribution in [0.3, 0.4) is 0 Å². The van der Waals surface area contributed by atoms with E-state index in [0.717, 1.165) is 36.6 Å². The molecule has 3 nitrogen and oxygen atoms in total. The maximum Gasteiger partial charge on any atom is 0.0670 e. The van der Waals surface area contributed by atoms with Crippen LogP contribution in [0, 0.1) is 6.92 Å². The molecule has 0 amide bonds. The normalized spacial score (nSPS) is 20.5. The van der Waals surface area contributed by atoms with Crippen molar-refractivity contribution >= 4 is 11.4 Å². The summed E-state index contributed by atoms with van der Waals surface area (Å²) in [5.41, 5.74) is 9.20. The highest BCUT2D eigenvalue weighted by atomic mass is 16.5. The van der Waals surface area contributed by atoms with E-state index in [4.69, 9.17) is 10.5 Å². The van der Waals surface area contributed by atoms with Crippen LogP contribution in [0.1, 0.15) is 12.0 Å². The first-order valence-electron chi connectivity index (χ1n) is 5.36. The summed E-state index contributed by atoms with van der Waals surface area (Å²) in [4.78, 5) is 2.23. The Kier molecular flexibility index (Phi) is 2.82. The van der Waals surface area contributed by atoms with Gasteiger partial charge < -0.3 is 15.4 Å². The van der Waals surface area contributed by atoms with Gasteiger partial charge in [-0.25, -0.2) is 0 Å². The molecular weight excluding hydrogens is 188 g/mol. The average molecular weight is 206 g/mol. The van der Waals surface area contributed by atoms with Gasteiger partial charge in [-0.3, -0.25) is 0 Å². The van der Waals surface area contributed by atoms with Crippen molar-refractivity contribution in [3.63, 3.8) is 0 Å². The summed E-state index contributed by atoms with van der Waals surface area (Å²) in [5, 5.41) is 0. The van der Waals surface area contributed by atoms with Crippen molar-refractivity contribution < 1.29 is 4.74 Å². The van der Waals surface area contributed by atoms with E-state index in [1.165, 1.54) is 0 Å². The Labute approximate surface area is 90.8 Å². The van der Waals surface area contributed by atoms with E-state index in [2.05, 4.69) is 18.0 Å². The third-order valence-electron chi connectivity index (χ3n) is 3.13. The molecule has 0 bridgehead atoms. The number of anilines is 2. The van der Waals surface area contributed by atoms with Gasteiger partial charge in [0.15, 0.2) is 0 Å². The molecule has 82 valence electrons. The fourth-order valence-corrected chi connectivity index (χ4v) is 2.00. The number of nitrogens with two attached hydrogens (primary N) is 1. The molecule has 1 saturated heterocycles. The third-order valence-corrected chi connectivity index (χ3v) is 3.13. The molecule has 1 unspecified atom stereocenters. The summed E-state index contributed by atoms with van der Waals surface area (Å²) < 4.78 is 5.39. The molecule has 1 atom stereocenters. The van der Waals surface area contributed by atoms with E-state index in [0.29, 0.717) is 6.04 Å². The van der Waals surface area contributed by atoms with Gasteiger partial charge in [-0.1, -0.05) is 12.1 Å². The van der Waals surface area contributed by atoms with Gasteiger partial charge in [0.05, 0.1) is 24.0 Å². The number of para-hydroxylation sites is 1. The van der Waals surface area contributed by atoms with Crippen molar-refractivity contribution in [2.45, 2.75) is 19.4 Å². The van der Waals surface area contributed by atoms with E-state index >= 15 is 0 Å². The van der Waals surface area contributed by atoms with Gasteiger partial charge in [-0.15, -0.1) is 0 Å². The molecule has 1 fully saturated rings. The van der Waals surface area contributed by atoms with Crippen LogP contribution in [0.25, 0.3) is 0 Å². The second-order valence-electron chi connectivity index (χ2n) is 4.14. The Balaban J connectivity index is 2.24. The van der Waals surface area contributed by atoms with Crippen LogP contribution in [0.5, 0.6) is 0 Å². The number of hydrogen-bond donors (Lipinski definition) is 1. The number of ether oxygens (including phenoxy) is 1. The Morgan fingerprint density at radius 3 is 2.93 bits per heavy atom. The Morgan fingerprint density at radius 2 is 2.27 bits per heavy atom. The van der Waals surface area contributed by atoms with Crippen molar-refractivity contribution in [3.8, 4) is 0 Å². The van der Waals surface area contributed by atoms with E-state index in [1.54, 1.807) is 0 Å². The molecule has 2 N–H and O–H groups in total. The standard InChI is InChI=1S/C12H18N2O/c1-9-4-3-5-11(12(9)13)14(2)10-6-7-15-8-10/h3-5,10H,6-8,13H2,1-2H3. The molecule has 0 aliphatic carbocycles. The highest BCUT2D eigenvalue weighted by molar-refractivity contribution is 5.71. The SMILES string of the molecule is Cc1cccc(N(C)C2CCOC2)c1N. The zero-order valence-corrected chi connectivity index (χ0v) is 9.36. The van der Waals surface area contributed by atoms with Crippen LogP contribution >= 0.6 is 0 Å². The largest absolute Gasteiger partial charge is 0.397 e. The summed E-state index contributed by atoms with van der Waals surface area (Å²) in [6.45, 7) is 3.71. The van der Waals surface area contributed by atoms with Gasteiger partial charge in [0.25, 0.3) is 0 Å². The van der Waals surface area contributed by atoms with Crippen molar-refractivity contribution in [3.05, 3.63) is 23.8 Å². The Hall–Kier alpha value is -1.22. The summed E-state index contributed by atoms with van der Waals surface area (Å²) in [6, 6.07) is 6.63. The number of benzene rings is 1. The van der Waals surface area contributed by atoms with Crippen LogP contribution in [0.4, 0.5) is 11.4 Å². The van der Waals surface area contributed by atoms with Crippen molar-refractivity contribution in [2.24, 2.45) is 0 Å². The summed E-state index contributed by atoms with van der Waals surface area (Å²) in [7, 11) is 2.09. The molecule has 0 spiro atoms. The first-order valence-corrected chi connectivity index (χ1v) is 5.36. The molecule has 3 heteroatoms. The van der Waals surface area contributed by atoms with E-state index in [9.17, 15) is 0 Å². The third kappa shape index (κ3) is 1.92. The fourth-order valence-electron chi connectivity index (χ4n) is 2.00. The lowest BCUT2D eigenvalue weighted by molar-refractivity contribution is 0.193. The van der Waals surface area contributed by atoms with Gasteiger partial charge >= 0.3 is 0 Å². The van der Waals surface area contributed by atoms with Gasteiger partial charge in [0.2, 0.25) is 0 Å². The van der Waals surface area contributed by atoms with Crippen LogP contribution in [0.15, 0.2) is 18.2 Å². The maximum absolute atomic E-state index is 6.07.